The Morgan fingerprint density at radius 1 is 0.421 bits per heavy atom. The Hall–Kier alpha value is -7.55. The molecule has 12 aromatic rings. The molecule has 7 aromatic carbocycles. The Balaban J connectivity index is 1.20. The van der Waals surface area contributed by atoms with E-state index in [9.17, 15) is 0 Å². The molecule has 0 aliphatic carbocycles. The highest BCUT2D eigenvalue weighted by Crippen LogP contribution is 2.50. The average Bonchev–Trinajstić information content (AvgIpc) is 3.95. The highest BCUT2D eigenvalue weighted by atomic mass is 32.1. The van der Waals surface area contributed by atoms with E-state index >= 15 is 0 Å². The van der Waals surface area contributed by atoms with Crippen LogP contribution in [-0.4, -0.2) is 34.1 Å². The third kappa shape index (κ3) is 4.81. The maximum atomic E-state index is 5.08. The summed E-state index contributed by atoms with van der Waals surface area (Å²) in [4.78, 5) is 25.5. The molecule has 0 unspecified atom stereocenters. The molecule has 0 radical (unpaired) electrons. The van der Waals surface area contributed by atoms with Gasteiger partial charge in [0.05, 0.1) is 26.8 Å². The van der Waals surface area contributed by atoms with Gasteiger partial charge in [-0.25, -0.2) is 24.9 Å². The van der Waals surface area contributed by atoms with Crippen LogP contribution in [0.25, 0.3) is 109 Å². The summed E-state index contributed by atoms with van der Waals surface area (Å²) in [6, 6.07) is 57.0. The van der Waals surface area contributed by atoms with E-state index in [0.29, 0.717) is 17.5 Å². The molecule has 0 aliphatic rings. The first-order chi connectivity index (χ1) is 28.3. The summed E-state index contributed by atoms with van der Waals surface area (Å²) in [6.45, 7) is 0. The van der Waals surface area contributed by atoms with Gasteiger partial charge in [0.15, 0.2) is 17.5 Å². The Bertz CT molecular complexity index is 3460. The third-order valence-electron chi connectivity index (χ3n) is 10.9. The lowest BCUT2D eigenvalue weighted by atomic mass is 10.0. The SMILES string of the molecule is c1ccc(-c2nc(-c3ccccc3)nc(-c3cccc(-n4c5ccccc5c5c6c7ccccc7n(-c7ccccc7)c6c6c7cncnc7sc6c54)c3)n2)cc1. The van der Waals surface area contributed by atoms with Crippen molar-refractivity contribution in [2.75, 3.05) is 0 Å². The lowest BCUT2D eigenvalue weighted by Crippen LogP contribution is -2.01. The maximum Gasteiger partial charge on any atom is 0.164 e. The molecule has 0 amide bonds. The number of para-hydroxylation sites is 3. The minimum Gasteiger partial charge on any atom is -0.309 e. The molecule has 0 saturated carbocycles. The van der Waals surface area contributed by atoms with Gasteiger partial charge in [0.2, 0.25) is 0 Å². The molecule has 5 aromatic heterocycles. The highest BCUT2D eigenvalue weighted by Gasteiger charge is 2.27. The van der Waals surface area contributed by atoms with E-state index in [4.69, 9.17) is 19.9 Å². The zero-order chi connectivity index (χ0) is 37.5. The minimum absolute atomic E-state index is 0.612. The average molecular weight is 748 g/mol. The summed E-state index contributed by atoms with van der Waals surface area (Å²) >= 11 is 1.73. The molecular weight excluding hydrogens is 719 g/mol. The normalized spacial score (nSPS) is 11.9. The Morgan fingerprint density at radius 3 is 1.58 bits per heavy atom. The molecule has 7 nitrogen and oxygen atoms in total. The molecule has 8 heteroatoms. The smallest absolute Gasteiger partial charge is 0.164 e. The second-order valence-electron chi connectivity index (χ2n) is 14.1. The van der Waals surface area contributed by atoms with Gasteiger partial charge in [-0.2, -0.15) is 0 Å². The van der Waals surface area contributed by atoms with E-state index in [2.05, 4.69) is 117 Å². The van der Waals surface area contributed by atoms with E-state index in [0.717, 1.165) is 70.4 Å². The van der Waals surface area contributed by atoms with Crippen molar-refractivity contribution >= 4 is 75.3 Å². The second kappa shape index (κ2) is 12.5. The number of benzene rings is 7. The molecular formula is C49H29N7S. The third-order valence-corrected chi connectivity index (χ3v) is 12.0. The Labute approximate surface area is 329 Å². The van der Waals surface area contributed by atoms with Crippen molar-refractivity contribution in [3.8, 4) is 45.5 Å². The monoisotopic (exact) mass is 747 g/mol. The first kappa shape index (κ1) is 31.8. The topological polar surface area (TPSA) is 74.3 Å². The lowest BCUT2D eigenvalue weighted by molar-refractivity contribution is 1.07. The summed E-state index contributed by atoms with van der Waals surface area (Å²) in [6.07, 6.45) is 3.63. The van der Waals surface area contributed by atoms with Gasteiger partial charge in [-0.3, -0.25) is 0 Å². The standard InChI is InChI=1S/C49H29N7S/c1-4-15-30(16-5-1)46-52-47(31-17-6-2-7-18-31)54-48(53-46)32-19-14-22-34(27-32)56-39-26-13-11-24-36(39)41-40-35-23-10-12-25-38(35)55(33-20-8-3-9-21-33)43(40)42-37-28-50-29-51-49(37)57-45(42)44(41)56/h1-29H. The molecule has 0 spiro atoms. The van der Waals surface area contributed by atoms with E-state index in [-0.39, 0.29) is 0 Å². The van der Waals surface area contributed by atoms with E-state index in [1.54, 1.807) is 17.7 Å². The fourth-order valence-electron chi connectivity index (χ4n) is 8.52. The van der Waals surface area contributed by atoms with Gasteiger partial charge in [0.1, 0.15) is 11.2 Å². The predicted octanol–water partition coefficient (Wildman–Crippen LogP) is 12.2. The van der Waals surface area contributed by atoms with E-state index < -0.39 is 0 Å². The van der Waals surface area contributed by atoms with Crippen LogP contribution in [0.1, 0.15) is 0 Å². The molecule has 0 saturated heterocycles. The predicted molar refractivity (Wildman–Crippen MR) is 233 cm³/mol. The molecule has 0 fully saturated rings. The Morgan fingerprint density at radius 2 is 0.930 bits per heavy atom. The molecule has 0 aliphatic heterocycles. The van der Waals surface area contributed by atoms with Gasteiger partial charge in [-0.05, 0) is 36.4 Å². The molecule has 5 heterocycles. The van der Waals surface area contributed by atoms with Crippen molar-refractivity contribution in [2.45, 2.75) is 0 Å². The van der Waals surface area contributed by atoms with Crippen molar-refractivity contribution in [1.29, 1.82) is 0 Å². The van der Waals surface area contributed by atoms with Gasteiger partial charge in [-0.15, -0.1) is 11.3 Å². The van der Waals surface area contributed by atoms with Crippen molar-refractivity contribution in [2.24, 2.45) is 0 Å². The number of thiophene rings is 1. The van der Waals surface area contributed by atoms with Crippen LogP contribution < -0.4 is 0 Å². The van der Waals surface area contributed by atoms with Crippen molar-refractivity contribution in [1.82, 2.24) is 34.1 Å². The van der Waals surface area contributed by atoms with Crippen LogP contribution in [0.4, 0.5) is 0 Å². The summed E-state index contributed by atoms with van der Waals surface area (Å²) < 4.78 is 6.01. The van der Waals surface area contributed by atoms with Gasteiger partial charge >= 0.3 is 0 Å². The first-order valence-electron chi connectivity index (χ1n) is 18.8. The van der Waals surface area contributed by atoms with E-state index in [1.807, 2.05) is 66.9 Å². The summed E-state index contributed by atoms with van der Waals surface area (Å²) in [5, 5.41) is 6.99. The van der Waals surface area contributed by atoms with Crippen molar-refractivity contribution < 1.29 is 0 Å². The van der Waals surface area contributed by atoms with Crippen LogP contribution in [0.3, 0.4) is 0 Å². The maximum absolute atomic E-state index is 5.08. The van der Waals surface area contributed by atoms with Crippen molar-refractivity contribution in [3.05, 3.63) is 176 Å². The second-order valence-corrected chi connectivity index (χ2v) is 15.1. The fourth-order valence-corrected chi connectivity index (χ4v) is 9.67. The van der Waals surface area contributed by atoms with Gasteiger partial charge in [0, 0.05) is 66.6 Å². The number of aromatic nitrogens is 7. The van der Waals surface area contributed by atoms with Crippen LogP contribution in [0, 0.1) is 0 Å². The molecule has 0 bridgehead atoms. The number of fused-ring (bicyclic) bond motifs is 12. The first-order valence-corrected chi connectivity index (χ1v) is 19.7. The van der Waals surface area contributed by atoms with Crippen LogP contribution in [0.15, 0.2) is 176 Å². The summed E-state index contributed by atoms with van der Waals surface area (Å²) in [7, 11) is 0. The number of hydrogen-bond donors (Lipinski definition) is 0. The van der Waals surface area contributed by atoms with Crippen LogP contribution >= 0.6 is 11.3 Å². The number of rotatable bonds is 5. The number of nitrogens with zero attached hydrogens (tertiary/aromatic N) is 7. The zero-order valence-electron chi connectivity index (χ0n) is 30.3. The van der Waals surface area contributed by atoms with E-state index in [1.165, 1.54) is 21.5 Å². The fraction of sp³-hybridized carbons (Fsp3) is 0. The van der Waals surface area contributed by atoms with Gasteiger partial charge in [-0.1, -0.05) is 127 Å². The van der Waals surface area contributed by atoms with Crippen LogP contribution in [-0.2, 0) is 0 Å². The van der Waals surface area contributed by atoms with Gasteiger partial charge in [0.25, 0.3) is 0 Å². The van der Waals surface area contributed by atoms with Crippen molar-refractivity contribution in [3.63, 3.8) is 0 Å². The largest absolute Gasteiger partial charge is 0.309 e. The lowest BCUT2D eigenvalue weighted by Gasteiger charge is -2.13. The quantitative estimate of drug-likeness (QED) is 0.175. The van der Waals surface area contributed by atoms with Crippen LogP contribution in [0.5, 0.6) is 0 Å². The minimum atomic E-state index is 0.612. The summed E-state index contributed by atoms with van der Waals surface area (Å²) in [5.41, 5.74) is 9.46. The van der Waals surface area contributed by atoms with Gasteiger partial charge < -0.3 is 9.13 Å². The zero-order valence-corrected chi connectivity index (χ0v) is 31.1. The molecule has 266 valence electrons. The highest BCUT2D eigenvalue weighted by molar-refractivity contribution is 7.26. The van der Waals surface area contributed by atoms with Crippen LogP contribution in [0.2, 0.25) is 0 Å². The number of hydrogen-bond acceptors (Lipinski definition) is 6. The molecule has 57 heavy (non-hydrogen) atoms. The molecule has 0 atom stereocenters. The molecule has 12 rings (SSSR count). The Kier molecular flexibility index (Phi) is 6.96. The molecule has 0 N–H and O–H groups in total. The summed E-state index contributed by atoms with van der Waals surface area (Å²) in [5.74, 6) is 1.87.